The molecule has 0 spiro atoms. The van der Waals surface area contributed by atoms with Crippen molar-refractivity contribution < 1.29 is 14.3 Å². The summed E-state index contributed by atoms with van der Waals surface area (Å²) >= 11 is 0. The van der Waals surface area contributed by atoms with Gasteiger partial charge < -0.3 is 15.8 Å². The number of amides is 1. The third-order valence-corrected chi connectivity index (χ3v) is 2.34. The molecule has 5 heteroatoms. The molecular formula is C11H22N2O3. The molecular weight excluding hydrogens is 208 g/mol. The van der Waals surface area contributed by atoms with E-state index in [1.807, 2.05) is 6.92 Å². The Morgan fingerprint density at radius 1 is 1.44 bits per heavy atom. The van der Waals surface area contributed by atoms with Crippen LogP contribution < -0.4 is 11.1 Å². The second-order valence-electron chi connectivity index (χ2n) is 4.35. The van der Waals surface area contributed by atoms with Gasteiger partial charge in [-0.25, -0.2) is 4.79 Å². The van der Waals surface area contributed by atoms with Gasteiger partial charge in [0.05, 0.1) is 13.2 Å². The van der Waals surface area contributed by atoms with Crippen LogP contribution in [0.5, 0.6) is 0 Å². The smallest absolute Gasteiger partial charge is 0.330 e. The number of carbonyl (C=O) groups is 2. The number of hydrogen-bond acceptors (Lipinski definition) is 4. The van der Waals surface area contributed by atoms with E-state index in [0.29, 0.717) is 6.42 Å². The molecule has 3 N–H and O–H groups in total. The highest BCUT2D eigenvalue weighted by Crippen LogP contribution is 2.06. The summed E-state index contributed by atoms with van der Waals surface area (Å²) in [5, 5.41) is 2.58. The van der Waals surface area contributed by atoms with Crippen molar-refractivity contribution in [2.24, 2.45) is 5.73 Å². The molecule has 16 heavy (non-hydrogen) atoms. The molecule has 0 unspecified atom stereocenters. The summed E-state index contributed by atoms with van der Waals surface area (Å²) in [6.07, 6.45) is 2.51. The minimum Gasteiger partial charge on any atom is -0.467 e. The molecule has 0 radical (unpaired) electrons. The van der Waals surface area contributed by atoms with Gasteiger partial charge in [-0.3, -0.25) is 4.79 Å². The Morgan fingerprint density at radius 3 is 2.44 bits per heavy atom. The number of ether oxygens (including phenoxy) is 1. The SMILES string of the molecule is CCCC[C@H](N)C(=O)NC(C)(C)C(=O)OC. The quantitative estimate of drug-likeness (QED) is 0.654. The first-order chi connectivity index (χ1) is 7.35. The summed E-state index contributed by atoms with van der Waals surface area (Å²) < 4.78 is 4.58. The molecule has 5 nitrogen and oxygen atoms in total. The summed E-state index contributed by atoms with van der Waals surface area (Å²) in [7, 11) is 1.28. The molecule has 0 saturated carbocycles. The Balaban J connectivity index is 4.27. The summed E-state index contributed by atoms with van der Waals surface area (Å²) in [6.45, 7) is 5.20. The van der Waals surface area contributed by atoms with E-state index in [2.05, 4.69) is 10.1 Å². The summed E-state index contributed by atoms with van der Waals surface area (Å²) in [4.78, 5) is 23.0. The molecule has 0 rings (SSSR count). The average Bonchev–Trinajstić information content (AvgIpc) is 2.23. The van der Waals surface area contributed by atoms with Crippen molar-refractivity contribution in [1.82, 2.24) is 5.32 Å². The van der Waals surface area contributed by atoms with Crippen LogP contribution >= 0.6 is 0 Å². The zero-order valence-corrected chi connectivity index (χ0v) is 10.5. The van der Waals surface area contributed by atoms with Crippen LogP contribution in [0, 0.1) is 0 Å². The van der Waals surface area contributed by atoms with Gasteiger partial charge >= 0.3 is 5.97 Å². The van der Waals surface area contributed by atoms with E-state index in [1.165, 1.54) is 7.11 Å². The molecule has 0 saturated heterocycles. The fourth-order valence-electron chi connectivity index (χ4n) is 1.26. The Kier molecular flexibility index (Phi) is 6.03. The normalized spacial score (nSPS) is 13.1. The van der Waals surface area contributed by atoms with Crippen LogP contribution in [0.25, 0.3) is 0 Å². The number of methoxy groups -OCH3 is 1. The molecule has 0 aliphatic carbocycles. The van der Waals surface area contributed by atoms with E-state index in [1.54, 1.807) is 13.8 Å². The molecule has 0 aromatic rings. The Bertz CT molecular complexity index is 252. The van der Waals surface area contributed by atoms with Gasteiger partial charge in [0.15, 0.2) is 0 Å². The minimum absolute atomic E-state index is 0.316. The van der Waals surface area contributed by atoms with Crippen molar-refractivity contribution in [2.75, 3.05) is 7.11 Å². The zero-order chi connectivity index (χ0) is 12.8. The van der Waals surface area contributed by atoms with E-state index in [0.717, 1.165) is 12.8 Å². The first-order valence-electron chi connectivity index (χ1n) is 5.51. The average molecular weight is 230 g/mol. The second kappa shape index (κ2) is 6.48. The van der Waals surface area contributed by atoms with Crippen LogP contribution in [0.15, 0.2) is 0 Å². The van der Waals surface area contributed by atoms with Crippen LogP contribution in [-0.2, 0) is 14.3 Å². The highest BCUT2D eigenvalue weighted by atomic mass is 16.5. The number of nitrogens with two attached hydrogens (primary N) is 1. The van der Waals surface area contributed by atoms with Crippen molar-refractivity contribution in [3.05, 3.63) is 0 Å². The topological polar surface area (TPSA) is 81.4 Å². The maximum absolute atomic E-state index is 11.6. The summed E-state index contributed by atoms with van der Waals surface area (Å²) in [6, 6.07) is -0.566. The third-order valence-electron chi connectivity index (χ3n) is 2.34. The van der Waals surface area contributed by atoms with Crippen LogP contribution in [0.2, 0.25) is 0 Å². The Labute approximate surface area is 96.7 Å². The molecule has 0 aliphatic heterocycles. The van der Waals surface area contributed by atoms with Gasteiger partial charge in [0.2, 0.25) is 5.91 Å². The highest BCUT2D eigenvalue weighted by molar-refractivity contribution is 5.89. The third kappa shape index (κ3) is 4.61. The van der Waals surface area contributed by atoms with Gasteiger partial charge in [0, 0.05) is 0 Å². The predicted octanol–water partition coefficient (Wildman–Crippen LogP) is 0.572. The van der Waals surface area contributed by atoms with Gasteiger partial charge in [-0.1, -0.05) is 19.8 Å². The molecule has 94 valence electrons. The maximum Gasteiger partial charge on any atom is 0.330 e. The van der Waals surface area contributed by atoms with Gasteiger partial charge in [0.1, 0.15) is 5.54 Å². The second-order valence-corrected chi connectivity index (χ2v) is 4.35. The molecule has 0 fully saturated rings. The number of unbranched alkanes of at least 4 members (excludes halogenated alkanes) is 1. The van der Waals surface area contributed by atoms with Gasteiger partial charge in [-0.05, 0) is 20.3 Å². The van der Waals surface area contributed by atoms with E-state index in [-0.39, 0.29) is 5.91 Å². The van der Waals surface area contributed by atoms with Gasteiger partial charge in [0.25, 0.3) is 0 Å². The first kappa shape index (κ1) is 14.9. The largest absolute Gasteiger partial charge is 0.467 e. The van der Waals surface area contributed by atoms with Gasteiger partial charge in [-0.15, -0.1) is 0 Å². The number of esters is 1. The highest BCUT2D eigenvalue weighted by Gasteiger charge is 2.31. The van der Waals surface area contributed by atoms with E-state index >= 15 is 0 Å². The van der Waals surface area contributed by atoms with E-state index in [4.69, 9.17) is 5.73 Å². The standard InChI is InChI=1S/C11H22N2O3/c1-5-6-7-8(12)9(14)13-11(2,3)10(15)16-4/h8H,5-7,12H2,1-4H3,(H,13,14)/t8-/m0/s1. The lowest BCUT2D eigenvalue weighted by molar-refractivity contribution is -0.149. The van der Waals surface area contributed by atoms with Crippen LogP contribution in [0.4, 0.5) is 0 Å². The molecule has 1 atom stereocenters. The van der Waals surface area contributed by atoms with E-state index < -0.39 is 17.6 Å². The molecule has 0 heterocycles. The van der Waals surface area contributed by atoms with Crippen molar-refractivity contribution in [3.63, 3.8) is 0 Å². The molecule has 0 bridgehead atoms. The maximum atomic E-state index is 11.6. The molecule has 1 amide bonds. The lowest BCUT2D eigenvalue weighted by Crippen LogP contribution is -2.55. The molecule has 0 aromatic heterocycles. The number of rotatable bonds is 6. The summed E-state index contributed by atoms with van der Waals surface area (Å²) in [5.74, 6) is -0.799. The van der Waals surface area contributed by atoms with Crippen molar-refractivity contribution in [2.45, 2.75) is 51.6 Å². The fraction of sp³-hybridized carbons (Fsp3) is 0.818. The van der Waals surface area contributed by atoms with Crippen molar-refractivity contribution >= 4 is 11.9 Å². The van der Waals surface area contributed by atoms with Gasteiger partial charge in [-0.2, -0.15) is 0 Å². The molecule has 0 aromatic carbocycles. The predicted molar refractivity (Wildman–Crippen MR) is 61.7 cm³/mol. The number of carbonyl (C=O) groups excluding carboxylic acids is 2. The van der Waals surface area contributed by atoms with Crippen molar-refractivity contribution in [1.29, 1.82) is 0 Å². The zero-order valence-electron chi connectivity index (χ0n) is 10.5. The monoisotopic (exact) mass is 230 g/mol. The number of nitrogens with one attached hydrogen (secondary N) is 1. The van der Waals surface area contributed by atoms with E-state index in [9.17, 15) is 9.59 Å². The van der Waals surface area contributed by atoms with Crippen molar-refractivity contribution in [3.8, 4) is 0 Å². The summed E-state index contributed by atoms with van der Waals surface area (Å²) in [5.41, 5.74) is 4.66. The van der Waals surface area contributed by atoms with Crippen LogP contribution in [0.3, 0.4) is 0 Å². The first-order valence-corrected chi connectivity index (χ1v) is 5.51. The number of hydrogen-bond donors (Lipinski definition) is 2. The Morgan fingerprint density at radius 2 is 2.00 bits per heavy atom. The lowest BCUT2D eigenvalue weighted by atomic mass is 10.0. The van der Waals surface area contributed by atoms with Crippen LogP contribution in [0.1, 0.15) is 40.0 Å². The Hall–Kier alpha value is -1.10. The van der Waals surface area contributed by atoms with Crippen LogP contribution in [-0.4, -0.2) is 30.6 Å². The minimum atomic E-state index is -1.03. The fourth-order valence-corrected chi connectivity index (χ4v) is 1.26. The molecule has 0 aliphatic rings. The lowest BCUT2D eigenvalue weighted by Gasteiger charge is -2.24.